The SMILES string of the molecule is NC(=O)C1=Nc2c(cc(Cl)c(Cl)c2[N+](=O)[O-])NC1C(N)=O. The standard InChI is InChI=1S/C10H7Cl2N5O4/c11-2-1-3-5(8(4(2)12)17(20)21)16-7(10(14)19)6(15-3)9(13)18/h1,6,15H,(H2,13,18)(H2,14,19). The number of rotatable bonds is 3. The summed E-state index contributed by atoms with van der Waals surface area (Å²) in [5.41, 5.74) is 8.98. The second-order valence-corrected chi connectivity index (χ2v) is 4.80. The van der Waals surface area contributed by atoms with Crippen molar-refractivity contribution in [3.05, 3.63) is 26.2 Å². The van der Waals surface area contributed by atoms with E-state index in [0.717, 1.165) is 0 Å². The van der Waals surface area contributed by atoms with Gasteiger partial charge in [0, 0.05) is 0 Å². The van der Waals surface area contributed by atoms with Gasteiger partial charge in [-0.1, -0.05) is 23.2 Å². The lowest BCUT2D eigenvalue weighted by Gasteiger charge is -2.23. The van der Waals surface area contributed by atoms with Crippen LogP contribution in [0.4, 0.5) is 17.1 Å². The first-order valence-corrected chi connectivity index (χ1v) is 6.10. The average Bonchev–Trinajstić information content (AvgIpc) is 2.38. The number of hydrogen-bond acceptors (Lipinski definition) is 6. The Hall–Kier alpha value is -2.39. The van der Waals surface area contributed by atoms with Crippen LogP contribution < -0.4 is 16.8 Å². The summed E-state index contributed by atoms with van der Waals surface area (Å²) >= 11 is 11.6. The fourth-order valence-corrected chi connectivity index (χ4v) is 2.22. The van der Waals surface area contributed by atoms with E-state index in [0.29, 0.717) is 0 Å². The summed E-state index contributed by atoms with van der Waals surface area (Å²) < 4.78 is 0. The number of nitrogens with one attached hydrogen (secondary N) is 1. The quantitative estimate of drug-likeness (QED) is 0.550. The van der Waals surface area contributed by atoms with Gasteiger partial charge in [-0.2, -0.15) is 0 Å². The Bertz CT molecular complexity index is 718. The van der Waals surface area contributed by atoms with Crippen molar-refractivity contribution in [3.8, 4) is 0 Å². The molecule has 0 aliphatic carbocycles. The highest BCUT2D eigenvalue weighted by Gasteiger charge is 2.35. The molecule has 1 atom stereocenters. The summed E-state index contributed by atoms with van der Waals surface area (Å²) in [7, 11) is 0. The number of nitrogens with zero attached hydrogens (tertiary/aromatic N) is 2. The zero-order valence-electron chi connectivity index (χ0n) is 10.1. The van der Waals surface area contributed by atoms with E-state index >= 15 is 0 Å². The van der Waals surface area contributed by atoms with Crippen molar-refractivity contribution in [1.82, 2.24) is 0 Å². The molecule has 11 heteroatoms. The van der Waals surface area contributed by atoms with Crippen molar-refractivity contribution in [2.75, 3.05) is 5.32 Å². The van der Waals surface area contributed by atoms with E-state index in [4.69, 9.17) is 34.7 Å². The normalized spacial score (nSPS) is 16.5. The third-order valence-electron chi connectivity index (χ3n) is 2.69. The van der Waals surface area contributed by atoms with Crippen molar-refractivity contribution in [2.24, 2.45) is 16.5 Å². The van der Waals surface area contributed by atoms with Crippen LogP contribution in [0.15, 0.2) is 11.1 Å². The molecule has 5 N–H and O–H groups in total. The Morgan fingerprint density at radius 3 is 2.48 bits per heavy atom. The number of carbonyl (C=O) groups excluding carboxylic acids is 2. The third-order valence-corrected chi connectivity index (χ3v) is 3.47. The predicted octanol–water partition coefficient (Wildman–Crippen LogP) is 0.739. The van der Waals surface area contributed by atoms with Gasteiger partial charge in [0.05, 0.1) is 15.6 Å². The highest BCUT2D eigenvalue weighted by Crippen LogP contribution is 2.46. The Morgan fingerprint density at radius 1 is 1.38 bits per heavy atom. The second kappa shape index (κ2) is 5.19. The van der Waals surface area contributed by atoms with E-state index in [1.54, 1.807) is 0 Å². The largest absolute Gasteiger partial charge is 0.368 e. The topological polar surface area (TPSA) is 154 Å². The first-order valence-electron chi connectivity index (χ1n) is 5.34. The van der Waals surface area contributed by atoms with E-state index < -0.39 is 34.2 Å². The molecular formula is C10H7Cl2N5O4. The molecule has 9 nitrogen and oxygen atoms in total. The van der Waals surface area contributed by atoms with Crippen LogP contribution >= 0.6 is 23.2 Å². The number of halogens is 2. The maximum Gasteiger partial charge on any atom is 0.316 e. The van der Waals surface area contributed by atoms with Crippen LogP contribution in [0.25, 0.3) is 0 Å². The predicted molar refractivity (Wildman–Crippen MR) is 76.0 cm³/mol. The average molecular weight is 332 g/mol. The van der Waals surface area contributed by atoms with Gasteiger partial charge in [-0.15, -0.1) is 0 Å². The first-order chi connectivity index (χ1) is 9.73. The number of hydrogen-bond donors (Lipinski definition) is 3. The van der Waals surface area contributed by atoms with E-state index in [9.17, 15) is 19.7 Å². The number of nitro groups is 1. The lowest BCUT2D eigenvalue weighted by Crippen LogP contribution is -2.48. The van der Waals surface area contributed by atoms with Crippen LogP contribution in [0, 0.1) is 10.1 Å². The van der Waals surface area contributed by atoms with Gasteiger partial charge in [-0.25, -0.2) is 4.99 Å². The molecule has 0 spiro atoms. The molecule has 1 aliphatic heterocycles. The molecular weight excluding hydrogens is 325 g/mol. The number of carbonyl (C=O) groups is 2. The molecule has 1 aliphatic rings. The molecule has 0 radical (unpaired) electrons. The molecule has 21 heavy (non-hydrogen) atoms. The molecule has 2 rings (SSSR count). The summed E-state index contributed by atoms with van der Waals surface area (Å²) in [6.07, 6.45) is 0. The smallest absolute Gasteiger partial charge is 0.316 e. The van der Waals surface area contributed by atoms with Gasteiger partial charge >= 0.3 is 5.69 Å². The van der Waals surface area contributed by atoms with Gasteiger partial charge in [0.1, 0.15) is 10.7 Å². The van der Waals surface area contributed by atoms with Crippen molar-refractivity contribution < 1.29 is 14.5 Å². The molecule has 1 unspecified atom stereocenters. The summed E-state index contributed by atoms with van der Waals surface area (Å²) in [6.45, 7) is 0. The first kappa shape index (κ1) is 15.0. The Morgan fingerprint density at radius 2 is 2.00 bits per heavy atom. The minimum absolute atomic E-state index is 0.0462. The lowest BCUT2D eigenvalue weighted by molar-refractivity contribution is -0.383. The zero-order valence-corrected chi connectivity index (χ0v) is 11.6. The molecule has 110 valence electrons. The highest BCUT2D eigenvalue weighted by molar-refractivity contribution is 6.47. The molecule has 0 saturated heterocycles. The van der Waals surface area contributed by atoms with E-state index in [1.807, 2.05) is 0 Å². The number of aliphatic imine (C=N–C) groups is 1. The molecule has 0 aromatic heterocycles. The monoisotopic (exact) mass is 331 g/mol. The van der Waals surface area contributed by atoms with Gasteiger partial charge in [-0.3, -0.25) is 19.7 Å². The number of fused-ring (bicyclic) bond motifs is 1. The Labute approximate surface area is 127 Å². The summed E-state index contributed by atoms with van der Waals surface area (Å²) in [6, 6.07) is -0.0736. The fraction of sp³-hybridized carbons (Fsp3) is 0.100. The zero-order chi connectivity index (χ0) is 15.9. The maximum atomic E-state index is 11.3. The van der Waals surface area contributed by atoms with Gasteiger partial charge in [0.25, 0.3) is 5.91 Å². The van der Waals surface area contributed by atoms with Crippen LogP contribution in [0.2, 0.25) is 10.0 Å². The Balaban J connectivity index is 2.77. The van der Waals surface area contributed by atoms with Crippen LogP contribution in [-0.2, 0) is 9.59 Å². The van der Waals surface area contributed by atoms with Gasteiger partial charge in [-0.05, 0) is 6.07 Å². The second-order valence-electron chi connectivity index (χ2n) is 4.02. The number of nitro benzene ring substituents is 1. The summed E-state index contributed by atoms with van der Waals surface area (Å²) in [4.78, 5) is 36.7. The van der Waals surface area contributed by atoms with Crippen LogP contribution in [0.3, 0.4) is 0 Å². The highest BCUT2D eigenvalue weighted by atomic mass is 35.5. The number of anilines is 1. The number of benzene rings is 1. The minimum Gasteiger partial charge on any atom is -0.368 e. The Kier molecular flexibility index (Phi) is 3.71. The van der Waals surface area contributed by atoms with E-state index in [-0.39, 0.29) is 21.4 Å². The number of amides is 2. The maximum absolute atomic E-state index is 11.3. The van der Waals surface area contributed by atoms with Crippen molar-refractivity contribution in [3.63, 3.8) is 0 Å². The minimum atomic E-state index is -1.31. The van der Waals surface area contributed by atoms with Crippen molar-refractivity contribution in [2.45, 2.75) is 6.04 Å². The van der Waals surface area contributed by atoms with Gasteiger partial charge in [0.2, 0.25) is 5.91 Å². The van der Waals surface area contributed by atoms with Crippen LogP contribution in [0.1, 0.15) is 0 Å². The third kappa shape index (κ3) is 2.48. The van der Waals surface area contributed by atoms with Gasteiger partial charge in [0.15, 0.2) is 11.7 Å². The van der Waals surface area contributed by atoms with Crippen LogP contribution in [0.5, 0.6) is 0 Å². The van der Waals surface area contributed by atoms with Gasteiger partial charge < -0.3 is 16.8 Å². The number of nitrogens with two attached hydrogens (primary N) is 2. The van der Waals surface area contributed by atoms with E-state index in [1.165, 1.54) is 6.07 Å². The van der Waals surface area contributed by atoms with Crippen molar-refractivity contribution >= 4 is 57.8 Å². The molecule has 0 saturated carbocycles. The van der Waals surface area contributed by atoms with E-state index in [2.05, 4.69) is 10.3 Å². The van der Waals surface area contributed by atoms with Crippen LogP contribution in [-0.4, -0.2) is 28.5 Å². The molecule has 1 heterocycles. The molecule has 0 bridgehead atoms. The molecule has 1 aromatic rings. The van der Waals surface area contributed by atoms with Crippen molar-refractivity contribution in [1.29, 1.82) is 0 Å². The lowest BCUT2D eigenvalue weighted by atomic mass is 10.1. The fourth-order valence-electron chi connectivity index (χ4n) is 1.80. The number of primary amides is 2. The molecule has 0 fully saturated rings. The molecule has 1 aromatic carbocycles. The molecule has 2 amide bonds. The summed E-state index contributed by atoms with van der Waals surface area (Å²) in [5, 5.41) is 13.2. The summed E-state index contributed by atoms with van der Waals surface area (Å²) in [5.74, 6) is -1.97.